The number of anilines is 1. The van der Waals surface area contributed by atoms with E-state index in [1.54, 1.807) is 15.8 Å². The van der Waals surface area contributed by atoms with Crippen molar-refractivity contribution in [1.82, 2.24) is 20.0 Å². The van der Waals surface area contributed by atoms with Gasteiger partial charge < -0.3 is 15.1 Å². The van der Waals surface area contributed by atoms with E-state index in [0.29, 0.717) is 32.0 Å². The molecule has 10 heteroatoms. The van der Waals surface area contributed by atoms with Gasteiger partial charge in [-0.2, -0.15) is 5.10 Å². The van der Waals surface area contributed by atoms with Gasteiger partial charge in [0.1, 0.15) is 18.2 Å². The number of amides is 1. The lowest BCUT2D eigenvalue weighted by molar-refractivity contribution is -0.120. The summed E-state index contributed by atoms with van der Waals surface area (Å²) in [6, 6.07) is 3.84. The number of aromatic nitrogens is 2. The normalized spacial score (nSPS) is 21.5. The largest absolute Gasteiger partial charge is 0.353 e. The monoisotopic (exact) mass is 530 g/mol. The summed E-state index contributed by atoms with van der Waals surface area (Å²) in [6.07, 6.45) is 4.11. The Morgan fingerprint density at radius 3 is 2.63 bits per heavy atom. The van der Waals surface area contributed by atoms with E-state index in [-0.39, 0.29) is 54.0 Å². The Labute approximate surface area is 191 Å². The van der Waals surface area contributed by atoms with Gasteiger partial charge in [0.2, 0.25) is 5.91 Å². The van der Waals surface area contributed by atoms with Gasteiger partial charge in [0, 0.05) is 50.4 Å². The molecule has 0 radical (unpaired) electrons. The second-order valence-corrected chi connectivity index (χ2v) is 7.37. The minimum atomic E-state index is -0.520. The van der Waals surface area contributed by atoms with Crippen molar-refractivity contribution in [2.75, 3.05) is 31.1 Å². The molecule has 1 aliphatic carbocycles. The highest BCUT2D eigenvalue weighted by molar-refractivity contribution is 14.0. The van der Waals surface area contributed by atoms with Gasteiger partial charge in [-0.05, 0) is 25.5 Å². The number of carbonyl (C=O) groups is 1. The third-order valence-electron chi connectivity index (χ3n) is 5.31. The predicted octanol–water partition coefficient (Wildman–Crippen LogP) is 2.49. The van der Waals surface area contributed by atoms with Gasteiger partial charge in [-0.3, -0.25) is 14.5 Å². The highest BCUT2D eigenvalue weighted by Gasteiger charge is 2.43. The molecule has 1 aromatic carbocycles. The first kappa shape index (κ1) is 22.4. The van der Waals surface area contributed by atoms with E-state index in [4.69, 9.17) is 0 Å². The lowest BCUT2D eigenvalue weighted by Crippen LogP contribution is -2.55. The zero-order chi connectivity index (χ0) is 20.5. The van der Waals surface area contributed by atoms with Crippen LogP contribution in [0.1, 0.15) is 24.8 Å². The molecule has 2 heterocycles. The van der Waals surface area contributed by atoms with Crippen molar-refractivity contribution in [1.29, 1.82) is 0 Å². The molecule has 0 spiro atoms. The van der Waals surface area contributed by atoms with Crippen molar-refractivity contribution in [3.8, 4) is 0 Å². The average Bonchev–Trinajstić information content (AvgIpc) is 3.29. The molecule has 4 rings (SSSR count). The van der Waals surface area contributed by atoms with Crippen molar-refractivity contribution >= 4 is 41.5 Å². The van der Waals surface area contributed by atoms with Gasteiger partial charge >= 0.3 is 0 Å². The van der Waals surface area contributed by atoms with Crippen LogP contribution in [0.5, 0.6) is 0 Å². The summed E-state index contributed by atoms with van der Waals surface area (Å²) >= 11 is 0. The molecule has 7 nitrogen and oxygen atoms in total. The standard InChI is InChI=1S/C20H24F2N6O.HI/c1-3-23-20(25-17-9-14(17)19-15(21)5-4-6-16(19)22)27-7-8-28(18(29)12-27)13-10-24-26(2)11-13;/h4-6,10-11,14,17H,3,7-9,12H2,1-2H3,(H,23,25);1H. The third kappa shape index (κ3) is 4.57. The molecular formula is C20H25F2IN6O. The summed E-state index contributed by atoms with van der Waals surface area (Å²) in [6.45, 7) is 3.77. The molecule has 2 aromatic rings. The summed E-state index contributed by atoms with van der Waals surface area (Å²) < 4.78 is 29.8. The number of aliphatic imine (C=N–C) groups is 1. The van der Waals surface area contributed by atoms with Crippen molar-refractivity contribution in [3.05, 3.63) is 47.8 Å². The molecule has 1 N–H and O–H groups in total. The minimum Gasteiger partial charge on any atom is -0.353 e. The van der Waals surface area contributed by atoms with Crippen LogP contribution in [0.3, 0.4) is 0 Å². The van der Waals surface area contributed by atoms with Crippen molar-refractivity contribution < 1.29 is 13.6 Å². The Balaban J connectivity index is 0.00000256. The average molecular weight is 530 g/mol. The molecule has 2 unspecified atom stereocenters. The van der Waals surface area contributed by atoms with Crippen LogP contribution in [0.4, 0.5) is 14.5 Å². The van der Waals surface area contributed by atoms with Gasteiger partial charge in [-0.15, -0.1) is 24.0 Å². The topological polar surface area (TPSA) is 65.8 Å². The van der Waals surface area contributed by atoms with Crippen molar-refractivity contribution in [2.24, 2.45) is 12.0 Å². The number of guanidine groups is 1. The van der Waals surface area contributed by atoms with E-state index in [1.165, 1.54) is 18.2 Å². The van der Waals surface area contributed by atoms with Crippen LogP contribution in [0.25, 0.3) is 0 Å². The Hall–Kier alpha value is -2.24. The number of hydrogen-bond donors (Lipinski definition) is 1. The second kappa shape index (κ2) is 9.27. The highest BCUT2D eigenvalue weighted by Crippen LogP contribution is 2.43. The maximum Gasteiger partial charge on any atom is 0.246 e. The van der Waals surface area contributed by atoms with Crippen LogP contribution in [-0.4, -0.2) is 58.8 Å². The molecular weight excluding hydrogens is 505 g/mol. The zero-order valence-electron chi connectivity index (χ0n) is 16.9. The first-order valence-corrected chi connectivity index (χ1v) is 9.76. The number of halogens is 3. The van der Waals surface area contributed by atoms with E-state index >= 15 is 0 Å². The quantitative estimate of drug-likeness (QED) is 0.375. The fraction of sp³-hybridized carbons (Fsp3) is 0.450. The van der Waals surface area contributed by atoms with Gasteiger partial charge in [0.25, 0.3) is 0 Å². The summed E-state index contributed by atoms with van der Waals surface area (Å²) in [5.41, 5.74) is 0.898. The maximum atomic E-state index is 14.0. The summed E-state index contributed by atoms with van der Waals surface area (Å²) in [7, 11) is 1.81. The molecule has 1 aromatic heterocycles. The molecule has 1 aliphatic heterocycles. The highest BCUT2D eigenvalue weighted by atomic mass is 127. The number of piperazine rings is 1. The maximum absolute atomic E-state index is 14.0. The smallest absolute Gasteiger partial charge is 0.246 e. The number of aryl methyl sites for hydroxylation is 1. The molecule has 0 bridgehead atoms. The zero-order valence-corrected chi connectivity index (χ0v) is 19.2. The van der Waals surface area contributed by atoms with E-state index in [1.807, 2.05) is 25.1 Å². The molecule has 162 valence electrons. The molecule has 1 amide bonds. The van der Waals surface area contributed by atoms with Crippen molar-refractivity contribution in [3.63, 3.8) is 0 Å². The Kier molecular flexibility index (Phi) is 6.94. The SMILES string of the molecule is CCN=C(NC1CC1c1c(F)cccc1F)N1CCN(c2cnn(C)c2)C(=O)C1.I. The lowest BCUT2D eigenvalue weighted by Gasteiger charge is -2.35. The van der Waals surface area contributed by atoms with Crippen LogP contribution >= 0.6 is 24.0 Å². The van der Waals surface area contributed by atoms with Gasteiger partial charge in [-0.25, -0.2) is 8.78 Å². The molecule has 2 aliphatic rings. The van der Waals surface area contributed by atoms with Gasteiger partial charge in [0.05, 0.1) is 11.9 Å². The number of benzene rings is 1. The van der Waals surface area contributed by atoms with Gasteiger partial charge in [0.15, 0.2) is 5.96 Å². The fourth-order valence-electron chi connectivity index (χ4n) is 3.77. The van der Waals surface area contributed by atoms with E-state index in [9.17, 15) is 13.6 Å². The molecule has 1 saturated carbocycles. The summed E-state index contributed by atoms with van der Waals surface area (Å²) in [5.74, 6) is -0.703. The molecule has 2 fully saturated rings. The lowest BCUT2D eigenvalue weighted by atomic mass is 10.1. The molecule has 1 saturated heterocycles. The fourth-order valence-corrected chi connectivity index (χ4v) is 3.77. The van der Waals surface area contributed by atoms with Crippen molar-refractivity contribution in [2.45, 2.75) is 25.3 Å². The second-order valence-electron chi connectivity index (χ2n) is 7.37. The number of carbonyl (C=O) groups excluding carboxylic acids is 1. The number of rotatable bonds is 4. The minimum absolute atomic E-state index is 0. The molecule has 30 heavy (non-hydrogen) atoms. The third-order valence-corrected chi connectivity index (χ3v) is 5.31. The first-order chi connectivity index (χ1) is 14.0. The van der Waals surface area contributed by atoms with Crippen LogP contribution < -0.4 is 10.2 Å². The number of nitrogens with zero attached hydrogens (tertiary/aromatic N) is 5. The van der Waals surface area contributed by atoms with Gasteiger partial charge in [-0.1, -0.05) is 6.07 Å². The molecule has 2 atom stereocenters. The Morgan fingerprint density at radius 2 is 2.03 bits per heavy atom. The van der Waals surface area contributed by atoms with E-state index in [2.05, 4.69) is 15.4 Å². The van der Waals surface area contributed by atoms with Crippen LogP contribution in [0.2, 0.25) is 0 Å². The predicted molar refractivity (Wildman–Crippen MR) is 121 cm³/mol. The summed E-state index contributed by atoms with van der Waals surface area (Å²) in [4.78, 5) is 20.8. The van der Waals surface area contributed by atoms with E-state index in [0.717, 1.165) is 5.69 Å². The van der Waals surface area contributed by atoms with E-state index < -0.39 is 11.6 Å². The summed E-state index contributed by atoms with van der Waals surface area (Å²) in [5, 5.41) is 7.42. The Bertz CT molecular complexity index is 929. The Morgan fingerprint density at radius 1 is 1.30 bits per heavy atom. The van der Waals surface area contributed by atoms with Crippen LogP contribution in [0, 0.1) is 11.6 Å². The number of hydrogen-bond acceptors (Lipinski definition) is 3. The number of nitrogens with one attached hydrogen (secondary N) is 1. The first-order valence-electron chi connectivity index (χ1n) is 9.76. The van der Waals surface area contributed by atoms with Crippen LogP contribution in [-0.2, 0) is 11.8 Å². The van der Waals surface area contributed by atoms with Crippen LogP contribution in [0.15, 0.2) is 35.6 Å².